The van der Waals surface area contributed by atoms with Crippen molar-refractivity contribution in [3.05, 3.63) is 0 Å². The maximum Gasteiger partial charge on any atom is 0.306 e. The Kier molecular flexibility index (Phi) is 4.94. The Bertz CT molecular complexity index is 391. The van der Waals surface area contributed by atoms with Gasteiger partial charge in [0.1, 0.15) is 6.04 Å². The maximum atomic E-state index is 12.2. The van der Waals surface area contributed by atoms with E-state index in [2.05, 4.69) is 15.0 Å². The summed E-state index contributed by atoms with van der Waals surface area (Å²) in [4.78, 5) is 38.3. The van der Waals surface area contributed by atoms with Gasteiger partial charge in [-0.15, -0.1) is 0 Å². The minimum absolute atomic E-state index is 0.0171. The van der Waals surface area contributed by atoms with E-state index in [0.717, 1.165) is 13.1 Å². The molecule has 20 heavy (non-hydrogen) atoms. The molecule has 0 radical (unpaired) electrons. The highest BCUT2D eigenvalue weighted by molar-refractivity contribution is 5.90. The first-order chi connectivity index (χ1) is 9.60. The van der Waals surface area contributed by atoms with E-state index >= 15 is 0 Å². The number of piperazine rings is 1. The molecule has 2 saturated heterocycles. The molecule has 7 nitrogen and oxygen atoms in total. The molecule has 0 bridgehead atoms. The molecule has 1 N–H and O–H groups in total. The topological polar surface area (TPSA) is 79.0 Å². The molecule has 0 saturated carbocycles. The van der Waals surface area contributed by atoms with Crippen molar-refractivity contribution in [1.82, 2.24) is 15.1 Å². The number of methoxy groups -OCH3 is 1. The van der Waals surface area contributed by atoms with Gasteiger partial charge in [0.15, 0.2) is 0 Å². The van der Waals surface area contributed by atoms with Crippen LogP contribution in [-0.4, -0.2) is 73.5 Å². The predicted octanol–water partition coefficient (Wildman–Crippen LogP) is -1.03. The minimum Gasteiger partial charge on any atom is -0.469 e. The van der Waals surface area contributed by atoms with Crippen LogP contribution in [0.25, 0.3) is 0 Å². The van der Waals surface area contributed by atoms with E-state index in [0.29, 0.717) is 38.9 Å². The van der Waals surface area contributed by atoms with Crippen LogP contribution in [-0.2, 0) is 19.1 Å². The molecule has 2 rings (SSSR count). The summed E-state index contributed by atoms with van der Waals surface area (Å²) < 4.78 is 4.61. The molecule has 112 valence electrons. The Hall–Kier alpha value is -1.63. The smallest absolute Gasteiger partial charge is 0.306 e. The Morgan fingerprint density at radius 3 is 2.55 bits per heavy atom. The van der Waals surface area contributed by atoms with E-state index < -0.39 is 0 Å². The van der Waals surface area contributed by atoms with Gasteiger partial charge >= 0.3 is 5.97 Å². The Morgan fingerprint density at radius 1 is 1.30 bits per heavy atom. The summed E-state index contributed by atoms with van der Waals surface area (Å²) in [5.41, 5.74) is 0. The quantitative estimate of drug-likeness (QED) is 0.668. The zero-order valence-corrected chi connectivity index (χ0v) is 11.8. The third-order valence-corrected chi connectivity index (χ3v) is 3.84. The molecule has 0 spiro atoms. The molecule has 7 heteroatoms. The van der Waals surface area contributed by atoms with Crippen LogP contribution < -0.4 is 5.32 Å². The number of rotatable bonds is 4. The van der Waals surface area contributed by atoms with E-state index in [4.69, 9.17) is 0 Å². The second kappa shape index (κ2) is 6.69. The SMILES string of the molecule is COC(=O)CCN1CCN(C(=O)C2CCC(=O)N2)CC1. The average Bonchev–Trinajstić information content (AvgIpc) is 2.91. The van der Waals surface area contributed by atoms with Crippen LogP contribution in [0.15, 0.2) is 0 Å². The van der Waals surface area contributed by atoms with Crippen molar-refractivity contribution in [2.75, 3.05) is 39.8 Å². The van der Waals surface area contributed by atoms with Gasteiger partial charge in [0.25, 0.3) is 0 Å². The molecule has 0 aromatic carbocycles. The van der Waals surface area contributed by atoms with E-state index in [1.54, 1.807) is 4.90 Å². The summed E-state index contributed by atoms with van der Waals surface area (Å²) in [6, 6.07) is -0.343. The minimum atomic E-state index is -0.343. The van der Waals surface area contributed by atoms with Crippen LogP contribution in [0, 0.1) is 0 Å². The molecule has 2 amide bonds. The van der Waals surface area contributed by atoms with Gasteiger partial charge < -0.3 is 15.0 Å². The van der Waals surface area contributed by atoms with Gasteiger partial charge in [0.2, 0.25) is 11.8 Å². The number of nitrogens with one attached hydrogen (secondary N) is 1. The number of esters is 1. The number of hydrogen-bond donors (Lipinski definition) is 1. The molecule has 2 aliphatic rings. The van der Waals surface area contributed by atoms with Crippen molar-refractivity contribution in [3.8, 4) is 0 Å². The molecule has 0 aromatic heterocycles. The lowest BCUT2D eigenvalue weighted by atomic mass is 10.2. The first kappa shape index (κ1) is 14.8. The fourth-order valence-electron chi connectivity index (χ4n) is 2.56. The van der Waals surface area contributed by atoms with Crippen LogP contribution in [0.4, 0.5) is 0 Å². The highest BCUT2D eigenvalue weighted by Crippen LogP contribution is 2.12. The van der Waals surface area contributed by atoms with Gasteiger partial charge in [-0.1, -0.05) is 0 Å². The summed E-state index contributed by atoms with van der Waals surface area (Å²) in [6.07, 6.45) is 1.42. The van der Waals surface area contributed by atoms with Crippen molar-refractivity contribution in [2.24, 2.45) is 0 Å². The van der Waals surface area contributed by atoms with Gasteiger partial charge in [-0.05, 0) is 6.42 Å². The number of amides is 2. The van der Waals surface area contributed by atoms with Gasteiger partial charge in [-0.2, -0.15) is 0 Å². The first-order valence-corrected chi connectivity index (χ1v) is 6.97. The molecular formula is C13H21N3O4. The van der Waals surface area contributed by atoms with E-state index in [1.165, 1.54) is 7.11 Å². The highest BCUT2D eigenvalue weighted by Gasteiger charge is 2.32. The largest absolute Gasteiger partial charge is 0.469 e. The molecule has 1 atom stereocenters. The summed E-state index contributed by atoms with van der Waals surface area (Å²) in [5.74, 6) is -0.235. The maximum absolute atomic E-state index is 12.2. The van der Waals surface area contributed by atoms with E-state index in [1.807, 2.05) is 0 Å². The van der Waals surface area contributed by atoms with Crippen LogP contribution in [0.3, 0.4) is 0 Å². The lowest BCUT2D eigenvalue weighted by Gasteiger charge is -2.35. The molecular weight excluding hydrogens is 262 g/mol. The molecule has 0 aliphatic carbocycles. The lowest BCUT2D eigenvalue weighted by molar-refractivity contribution is -0.141. The van der Waals surface area contributed by atoms with Gasteiger partial charge in [0.05, 0.1) is 13.5 Å². The van der Waals surface area contributed by atoms with Crippen molar-refractivity contribution in [1.29, 1.82) is 0 Å². The van der Waals surface area contributed by atoms with Crippen molar-refractivity contribution < 1.29 is 19.1 Å². The third-order valence-electron chi connectivity index (χ3n) is 3.84. The molecule has 0 aromatic rings. The third kappa shape index (κ3) is 3.69. The zero-order chi connectivity index (χ0) is 14.5. The van der Waals surface area contributed by atoms with E-state index in [9.17, 15) is 14.4 Å². The zero-order valence-electron chi connectivity index (χ0n) is 11.8. The van der Waals surface area contributed by atoms with Crippen molar-refractivity contribution in [2.45, 2.75) is 25.3 Å². The van der Waals surface area contributed by atoms with Crippen LogP contribution in [0.5, 0.6) is 0 Å². The standard InChI is InChI=1S/C13H21N3O4/c1-20-12(18)4-5-15-6-8-16(9-7-15)13(19)10-2-3-11(17)14-10/h10H,2-9H2,1H3,(H,14,17). The number of ether oxygens (including phenoxy) is 1. The van der Waals surface area contributed by atoms with Crippen molar-refractivity contribution >= 4 is 17.8 Å². The summed E-state index contributed by atoms with van der Waals surface area (Å²) in [7, 11) is 1.38. The Labute approximate surface area is 118 Å². The fourth-order valence-corrected chi connectivity index (χ4v) is 2.56. The molecule has 1 unspecified atom stereocenters. The Balaban J connectivity index is 1.72. The van der Waals surface area contributed by atoms with E-state index in [-0.39, 0.29) is 23.8 Å². The van der Waals surface area contributed by atoms with Crippen molar-refractivity contribution in [3.63, 3.8) is 0 Å². The molecule has 2 aliphatic heterocycles. The number of carbonyl (C=O) groups is 3. The number of nitrogens with zero attached hydrogens (tertiary/aromatic N) is 2. The van der Waals surface area contributed by atoms with Gasteiger partial charge in [-0.25, -0.2) is 0 Å². The summed E-state index contributed by atoms with van der Waals surface area (Å²) >= 11 is 0. The first-order valence-electron chi connectivity index (χ1n) is 6.97. The number of hydrogen-bond acceptors (Lipinski definition) is 5. The lowest BCUT2D eigenvalue weighted by Crippen LogP contribution is -2.53. The molecule has 2 fully saturated rings. The van der Waals surface area contributed by atoms with Crippen LogP contribution in [0.2, 0.25) is 0 Å². The Morgan fingerprint density at radius 2 is 2.00 bits per heavy atom. The highest BCUT2D eigenvalue weighted by atomic mass is 16.5. The average molecular weight is 283 g/mol. The predicted molar refractivity (Wildman–Crippen MR) is 70.8 cm³/mol. The monoisotopic (exact) mass is 283 g/mol. The fraction of sp³-hybridized carbons (Fsp3) is 0.769. The second-order valence-corrected chi connectivity index (χ2v) is 5.15. The summed E-state index contributed by atoms with van der Waals surface area (Å²) in [5, 5.41) is 2.70. The van der Waals surface area contributed by atoms with Crippen LogP contribution in [0.1, 0.15) is 19.3 Å². The molecule has 2 heterocycles. The second-order valence-electron chi connectivity index (χ2n) is 5.15. The number of carbonyl (C=O) groups excluding carboxylic acids is 3. The van der Waals surface area contributed by atoms with Gasteiger partial charge in [0, 0.05) is 39.1 Å². The normalized spacial score (nSPS) is 23.6. The summed E-state index contributed by atoms with van der Waals surface area (Å²) in [6.45, 7) is 3.46. The van der Waals surface area contributed by atoms with Crippen LogP contribution >= 0.6 is 0 Å². The van der Waals surface area contributed by atoms with Gasteiger partial charge in [-0.3, -0.25) is 19.3 Å².